The van der Waals surface area contributed by atoms with Crippen molar-refractivity contribution >= 4 is 0 Å². The van der Waals surface area contributed by atoms with E-state index < -0.39 is 0 Å². The molecule has 2 aromatic rings. The first-order valence-electron chi connectivity index (χ1n) is 9.64. The normalized spacial score (nSPS) is 22.0. The fourth-order valence-corrected chi connectivity index (χ4v) is 4.13. The monoisotopic (exact) mass is 339 g/mol. The molecular formula is C20H29N5. The van der Waals surface area contributed by atoms with E-state index in [2.05, 4.69) is 51.9 Å². The Morgan fingerprint density at radius 3 is 2.72 bits per heavy atom. The lowest BCUT2D eigenvalue weighted by Gasteiger charge is -2.23. The number of rotatable bonds is 5. The Morgan fingerprint density at radius 1 is 1.04 bits per heavy atom. The van der Waals surface area contributed by atoms with Gasteiger partial charge >= 0.3 is 0 Å². The molecule has 1 fully saturated rings. The molecule has 1 aromatic carbocycles. The highest BCUT2D eigenvalue weighted by Gasteiger charge is 2.24. The standard InChI is InChI=1S/C20H29N5/c1-23-11-9-18(15-23)16-24-12-10-20-21-19(22-25(20)14-13-24)8-7-17-5-3-2-4-6-17/h2-6,18H,7-16H2,1H3. The molecule has 2 aliphatic heterocycles. The van der Waals surface area contributed by atoms with Gasteiger partial charge in [0.1, 0.15) is 5.82 Å². The van der Waals surface area contributed by atoms with Crippen LogP contribution in [0.2, 0.25) is 0 Å². The predicted octanol–water partition coefficient (Wildman–Crippen LogP) is 1.87. The van der Waals surface area contributed by atoms with Crippen molar-refractivity contribution in [2.45, 2.75) is 32.2 Å². The molecule has 3 heterocycles. The molecular weight excluding hydrogens is 310 g/mol. The molecule has 0 spiro atoms. The molecule has 1 aromatic heterocycles. The maximum atomic E-state index is 4.82. The third kappa shape index (κ3) is 4.28. The van der Waals surface area contributed by atoms with E-state index in [4.69, 9.17) is 10.1 Å². The van der Waals surface area contributed by atoms with E-state index in [-0.39, 0.29) is 0 Å². The van der Waals surface area contributed by atoms with Gasteiger partial charge in [0.2, 0.25) is 0 Å². The molecule has 0 radical (unpaired) electrons. The van der Waals surface area contributed by atoms with Crippen LogP contribution in [0.4, 0.5) is 0 Å². The van der Waals surface area contributed by atoms with Crippen LogP contribution in [0, 0.1) is 5.92 Å². The highest BCUT2D eigenvalue weighted by Crippen LogP contribution is 2.17. The Morgan fingerprint density at radius 2 is 1.92 bits per heavy atom. The average Bonchev–Trinajstić information content (AvgIpc) is 3.17. The van der Waals surface area contributed by atoms with Crippen molar-refractivity contribution in [1.29, 1.82) is 0 Å². The molecule has 0 saturated carbocycles. The Hall–Kier alpha value is -1.72. The highest BCUT2D eigenvalue weighted by atomic mass is 15.4. The Kier molecular flexibility index (Phi) is 5.13. The molecule has 1 saturated heterocycles. The summed E-state index contributed by atoms with van der Waals surface area (Å²) in [6, 6.07) is 10.6. The molecule has 1 unspecified atom stereocenters. The van der Waals surface area contributed by atoms with Crippen LogP contribution in [0.25, 0.3) is 0 Å². The molecule has 0 bridgehead atoms. The van der Waals surface area contributed by atoms with Crippen molar-refractivity contribution in [3.05, 3.63) is 47.5 Å². The lowest BCUT2D eigenvalue weighted by Crippen LogP contribution is -2.33. The number of hydrogen-bond donors (Lipinski definition) is 0. The van der Waals surface area contributed by atoms with Crippen LogP contribution in [-0.2, 0) is 25.8 Å². The van der Waals surface area contributed by atoms with E-state index in [9.17, 15) is 0 Å². The molecule has 134 valence electrons. The third-order valence-corrected chi connectivity index (χ3v) is 5.56. The van der Waals surface area contributed by atoms with Crippen molar-refractivity contribution in [1.82, 2.24) is 24.6 Å². The minimum atomic E-state index is 0.838. The van der Waals surface area contributed by atoms with Crippen LogP contribution in [0.3, 0.4) is 0 Å². The van der Waals surface area contributed by atoms with Crippen LogP contribution >= 0.6 is 0 Å². The molecule has 4 rings (SSSR count). The maximum absolute atomic E-state index is 4.82. The number of fused-ring (bicyclic) bond motifs is 1. The van der Waals surface area contributed by atoms with Gasteiger partial charge in [-0.25, -0.2) is 9.67 Å². The first-order valence-corrected chi connectivity index (χ1v) is 9.64. The SMILES string of the molecule is CN1CCC(CN2CCc3nc(CCc4ccccc4)nn3CC2)C1. The van der Waals surface area contributed by atoms with Crippen molar-refractivity contribution in [2.24, 2.45) is 5.92 Å². The molecule has 25 heavy (non-hydrogen) atoms. The predicted molar refractivity (Wildman–Crippen MR) is 99.6 cm³/mol. The van der Waals surface area contributed by atoms with Gasteiger partial charge in [0, 0.05) is 39.0 Å². The Balaban J connectivity index is 1.30. The first-order chi connectivity index (χ1) is 12.3. The van der Waals surface area contributed by atoms with Gasteiger partial charge in [-0.05, 0) is 37.9 Å². The third-order valence-electron chi connectivity index (χ3n) is 5.56. The number of hydrogen-bond acceptors (Lipinski definition) is 4. The molecule has 5 heteroatoms. The second kappa shape index (κ2) is 7.67. The summed E-state index contributed by atoms with van der Waals surface area (Å²) in [6.07, 6.45) is 4.33. The fraction of sp³-hybridized carbons (Fsp3) is 0.600. The van der Waals surface area contributed by atoms with Crippen molar-refractivity contribution in [3.63, 3.8) is 0 Å². The molecule has 0 aliphatic carbocycles. The zero-order valence-corrected chi connectivity index (χ0v) is 15.3. The minimum Gasteiger partial charge on any atom is -0.306 e. The van der Waals surface area contributed by atoms with Crippen LogP contribution < -0.4 is 0 Å². The summed E-state index contributed by atoms with van der Waals surface area (Å²) < 4.78 is 2.15. The van der Waals surface area contributed by atoms with E-state index in [0.717, 1.165) is 50.6 Å². The van der Waals surface area contributed by atoms with Crippen molar-refractivity contribution in [3.8, 4) is 0 Å². The summed E-state index contributed by atoms with van der Waals surface area (Å²) >= 11 is 0. The Bertz CT molecular complexity index is 655. The van der Waals surface area contributed by atoms with E-state index in [1.807, 2.05) is 0 Å². The zero-order chi connectivity index (χ0) is 17.1. The molecule has 2 aliphatic rings. The summed E-state index contributed by atoms with van der Waals surface area (Å²) in [5, 5.41) is 4.77. The van der Waals surface area contributed by atoms with Crippen LogP contribution in [0.1, 0.15) is 23.6 Å². The van der Waals surface area contributed by atoms with Crippen molar-refractivity contribution in [2.75, 3.05) is 39.8 Å². The van der Waals surface area contributed by atoms with Crippen molar-refractivity contribution < 1.29 is 0 Å². The van der Waals surface area contributed by atoms with Crippen LogP contribution in [0.5, 0.6) is 0 Å². The number of benzene rings is 1. The Labute approximate surface area is 150 Å². The van der Waals surface area contributed by atoms with Gasteiger partial charge in [-0.2, -0.15) is 5.10 Å². The smallest absolute Gasteiger partial charge is 0.151 e. The zero-order valence-electron chi connectivity index (χ0n) is 15.3. The molecule has 0 amide bonds. The van der Waals surface area contributed by atoms with E-state index in [1.165, 1.54) is 37.4 Å². The molecule has 5 nitrogen and oxygen atoms in total. The summed E-state index contributed by atoms with van der Waals surface area (Å²) in [4.78, 5) is 9.89. The van der Waals surface area contributed by atoms with Gasteiger partial charge in [0.05, 0.1) is 6.54 Å². The van der Waals surface area contributed by atoms with Gasteiger partial charge in [-0.1, -0.05) is 30.3 Å². The maximum Gasteiger partial charge on any atom is 0.151 e. The minimum absolute atomic E-state index is 0.838. The lowest BCUT2D eigenvalue weighted by molar-refractivity contribution is 0.232. The first kappa shape index (κ1) is 16.7. The van der Waals surface area contributed by atoms with E-state index in [0.29, 0.717) is 0 Å². The summed E-state index contributed by atoms with van der Waals surface area (Å²) in [7, 11) is 2.24. The molecule has 1 atom stereocenters. The van der Waals surface area contributed by atoms with E-state index in [1.54, 1.807) is 0 Å². The van der Waals surface area contributed by atoms with Gasteiger partial charge in [-0.15, -0.1) is 0 Å². The van der Waals surface area contributed by atoms with Gasteiger partial charge in [0.15, 0.2) is 5.82 Å². The molecule has 0 N–H and O–H groups in total. The summed E-state index contributed by atoms with van der Waals surface area (Å²) in [5.41, 5.74) is 1.36. The number of aromatic nitrogens is 3. The second-order valence-corrected chi connectivity index (χ2v) is 7.62. The summed E-state index contributed by atoms with van der Waals surface area (Å²) in [5.74, 6) is 3.02. The summed E-state index contributed by atoms with van der Waals surface area (Å²) in [6.45, 7) is 6.95. The number of aryl methyl sites for hydroxylation is 2. The highest BCUT2D eigenvalue weighted by molar-refractivity contribution is 5.15. The van der Waals surface area contributed by atoms with E-state index >= 15 is 0 Å². The van der Waals surface area contributed by atoms with Crippen LogP contribution in [0.15, 0.2) is 30.3 Å². The van der Waals surface area contributed by atoms with Gasteiger partial charge in [-0.3, -0.25) is 0 Å². The fourth-order valence-electron chi connectivity index (χ4n) is 4.13. The quantitative estimate of drug-likeness (QED) is 0.833. The van der Waals surface area contributed by atoms with Gasteiger partial charge in [0.25, 0.3) is 0 Å². The number of likely N-dealkylation sites (tertiary alicyclic amines) is 1. The lowest BCUT2D eigenvalue weighted by atomic mass is 10.1. The number of nitrogens with zero attached hydrogens (tertiary/aromatic N) is 5. The second-order valence-electron chi connectivity index (χ2n) is 7.62. The topological polar surface area (TPSA) is 37.2 Å². The van der Waals surface area contributed by atoms with Crippen LogP contribution in [-0.4, -0.2) is 64.3 Å². The average molecular weight is 339 g/mol. The largest absolute Gasteiger partial charge is 0.306 e. The van der Waals surface area contributed by atoms with Gasteiger partial charge < -0.3 is 9.80 Å².